The number of hydrogen-bond acceptors (Lipinski definition) is 4. The van der Waals surface area contributed by atoms with Crippen LogP contribution in [0.4, 0.5) is 4.79 Å². The second-order valence-electron chi connectivity index (χ2n) is 2.22. The van der Waals surface area contributed by atoms with Gasteiger partial charge in [0.2, 0.25) is 5.91 Å². The van der Waals surface area contributed by atoms with E-state index in [4.69, 9.17) is 10.0 Å². The van der Waals surface area contributed by atoms with Gasteiger partial charge in [-0.1, -0.05) is 0 Å². The Balaban J connectivity index is 2.57. The molecule has 1 unspecified atom stereocenters. The number of amides is 3. The van der Waals surface area contributed by atoms with Gasteiger partial charge >= 0.3 is 13.1 Å². The van der Waals surface area contributed by atoms with Gasteiger partial charge in [0.25, 0.3) is 0 Å². The molecule has 0 spiro atoms. The maximum atomic E-state index is 10.8. The van der Waals surface area contributed by atoms with E-state index in [1.54, 1.807) is 0 Å². The van der Waals surface area contributed by atoms with E-state index in [9.17, 15) is 9.59 Å². The Labute approximate surface area is 62.7 Å². The van der Waals surface area contributed by atoms with Crippen molar-refractivity contribution in [1.82, 2.24) is 10.6 Å². The molecule has 1 fully saturated rings. The van der Waals surface area contributed by atoms with Crippen LogP contribution < -0.4 is 10.6 Å². The average Bonchev–Trinajstić information content (AvgIpc) is 1.85. The molecule has 0 aliphatic carbocycles. The van der Waals surface area contributed by atoms with Gasteiger partial charge in [0, 0.05) is 6.54 Å². The van der Waals surface area contributed by atoms with E-state index in [2.05, 4.69) is 5.32 Å². The fraction of sp³-hybridized carbons (Fsp3) is 0.500. The molecule has 0 saturated carbocycles. The van der Waals surface area contributed by atoms with Gasteiger partial charge in [0.05, 0.1) is 5.82 Å². The summed E-state index contributed by atoms with van der Waals surface area (Å²) < 4.78 is 0. The highest BCUT2D eigenvalue weighted by Gasteiger charge is 2.35. The predicted octanol–water partition coefficient (Wildman–Crippen LogP) is -2.33. The van der Waals surface area contributed by atoms with Crippen LogP contribution in [0.2, 0.25) is 5.82 Å². The molecule has 4 N–H and O–H groups in total. The molecule has 1 saturated heterocycles. The van der Waals surface area contributed by atoms with Crippen LogP contribution in [0, 0.1) is 0 Å². The van der Waals surface area contributed by atoms with Gasteiger partial charge in [0.1, 0.15) is 0 Å². The third-order valence-corrected chi connectivity index (χ3v) is 1.42. The zero-order valence-corrected chi connectivity index (χ0v) is 5.57. The molecule has 11 heavy (non-hydrogen) atoms. The van der Waals surface area contributed by atoms with Crippen molar-refractivity contribution in [2.75, 3.05) is 6.54 Å². The lowest BCUT2D eigenvalue weighted by Gasteiger charge is -2.20. The normalized spacial score (nSPS) is 24.0. The lowest BCUT2D eigenvalue weighted by molar-refractivity contribution is -0.120. The molecular formula is C4H7BN2O4. The van der Waals surface area contributed by atoms with Gasteiger partial charge in [-0.3, -0.25) is 10.1 Å². The zero-order chi connectivity index (χ0) is 8.43. The lowest BCUT2D eigenvalue weighted by Crippen LogP contribution is -2.53. The van der Waals surface area contributed by atoms with Crippen LogP contribution in [0.25, 0.3) is 0 Å². The van der Waals surface area contributed by atoms with Crippen molar-refractivity contribution < 1.29 is 19.6 Å². The first-order valence-corrected chi connectivity index (χ1v) is 3.06. The Kier molecular flexibility index (Phi) is 2.11. The van der Waals surface area contributed by atoms with Gasteiger partial charge in [0.15, 0.2) is 0 Å². The Morgan fingerprint density at radius 1 is 1.45 bits per heavy atom. The summed E-state index contributed by atoms with van der Waals surface area (Å²) in [5, 5.41) is 21.3. The molecule has 0 bridgehead atoms. The molecule has 1 aliphatic heterocycles. The third kappa shape index (κ3) is 1.69. The van der Waals surface area contributed by atoms with Crippen molar-refractivity contribution in [1.29, 1.82) is 0 Å². The molecule has 0 aromatic carbocycles. The summed E-state index contributed by atoms with van der Waals surface area (Å²) in [6, 6.07) is -0.605. The maximum absolute atomic E-state index is 10.8. The molecule has 6 nitrogen and oxygen atoms in total. The Hall–Kier alpha value is -1.08. The van der Waals surface area contributed by atoms with E-state index in [0.29, 0.717) is 0 Å². The molecule has 1 heterocycles. The van der Waals surface area contributed by atoms with Crippen molar-refractivity contribution in [3.8, 4) is 0 Å². The summed E-state index contributed by atoms with van der Waals surface area (Å²) in [5.74, 6) is -1.63. The topological polar surface area (TPSA) is 98.7 Å². The van der Waals surface area contributed by atoms with Gasteiger partial charge in [-0.25, -0.2) is 4.79 Å². The summed E-state index contributed by atoms with van der Waals surface area (Å²) in [6.45, 7) is -0.0394. The quantitative estimate of drug-likeness (QED) is 0.321. The highest BCUT2D eigenvalue weighted by molar-refractivity contribution is 6.50. The van der Waals surface area contributed by atoms with Crippen LogP contribution in [0.5, 0.6) is 0 Å². The first-order valence-electron chi connectivity index (χ1n) is 3.06. The van der Waals surface area contributed by atoms with E-state index in [-0.39, 0.29) is 6.54 Å². The highest BCUT2D eigenvalue weighted by Crippen LogP contribution is 2.07. The van der Waals surface area contributed by atoms with Crippen LogP contribution in [0.1, 0.15) is 0 Å². The van der Waals surface area contributed by atoms with E-state index >= 15 is 0 Å². The number of imide groups is 1. The lowest BCUT2D eigenvalue weighted by atomic mass is 9.71. The fourth-order valence-corrected chi connectivity index (χ4v) is 0.785. The maximum Gasteiger partial charge on any atom is 0.466 e. The molecule has 7 heteroatoms. The summed E-state index contributed by atoms with van der Waals surface area (Å²) >= 11 is 0. The minimum Gasteiger partial charge on any atom is -0.427 e. The Morgan fingerprint density at radius 2 is 2.09 bits per heavy atom. The van der Waals surface area contributed by atoms with E-state index in [1.165, 1.54) is 0 Å². The van der Waals surface area contributed by atoms with E-state index in [1.807, 2.05) is 5.32 Å². The average molecular weight is 158 g/mol. The van der Waals surface area contributed by atoms with Crippen LogP contribution in [0.3, 0.4) is 0 Å². The van der Waals surface area contributed by atoms with Crippen molar-refractivity contribution in [3.63, 3.8) is 0 Å². The molecule has 1 atom stereocenters. The van der Waals surface area contributed by atoms with Crippen molar-refractivity contribution in [2.45, 2.75) is 5.82 Å². The van der Waals surface area contributed by atoms with Crippen molar-refractivity contribution in [3.05, 3.63) is 0 Å². The van der Waals surface area contributed by atoms with Gasteiger partial charge in [-0.05, 0) is 0 Å². The van der Waals surface area contributed by atoms with Crippen LogP contribution in [-0.4, -0.2) is 35.6 Å². The highest BCUT2D eigenvalue weighted by atomic mass is 16.4. The van der Waals surface area contributed by atoms with E-state index in [0.717, 1.165) is 0 Å². The number of nitrogens with one attached hydrogen (secondary N) is 2. The van der Waals surface area contributed by atoms with Gasteiger partial charge < -0.3 is 15.4 Å². The SMILES string of the molecule is O=C1NCC(B(O)O)C(=O)N1. The minimum atomic E-state index is -1.73. The third-order valence-electron chi connectivity index (χ3n) is 1.42. The smallest absolute Gasteiger partial charge is 0.427 e. The van der Waals surface area contributed by atoms with Crippen LogP contribution in [-0.2, 0) is 4.79 Å². The summed E-state index contributed by atoms with van der Waals surface area (Å²) in [5.41, 5.74) is 0. The number of urea groups is 1. The molecule has 0 aromatic rings. The molecule has 0 radical (unpaired) electrons. The largest absolute Gasteiger partial charge is 0.466 e. The second-order valence-corrected chi connectivity index (χ2v) is 2.22. The molecule has 60 valence electrons. The van der Waals surface area contributed by atoms with E-state index < -0.39 is 24.9 Å². The molecule has 0 aromatic heterocycles. The number of carbonyl (C=O) groups excluding carboxylic acids is 2. The van der Waals surface area contributed by atoms with Crippen molar-refractivity contribution in [2.24, 2.45) is 0 Å². The summed E-state index contributed by atoms with van der Waals surface area (Å²) in [6.07, 6.45) is 0. The first-order chi connectivity index (χ1) is 5.11. The number of carbonyl (C=O) groups is 2. The monoisotopic (exact) mass is 158 g/mol. The first kappa shape index (κ1) is 8.03. The molecule has 1 aliphatic rings. The Morgan fingerprint density at radius 3 is 2.55 bits per heavy atom. The Bertz CT molecular complexity index is 195. The number of hydrogen-bond donors (Lipinski definition) is 4. The molecule has 3 amide bonds. The standard InChI is InChI=1S/C4H7BN2O4/c8-3-2(5(10)11)1-6-4(9)7-3/h2,10-11H,1H2,(H2,6,7,8,9). The summed E-state index contributed by atoms with van der Waals surface area (Å²) in [7, 11) is -1.73. The fourth-order valence-electron chi connectivity index (χ4n) is 0.785. The zero-order valence-electron chi connectivity index (χ0n) is 5.57. The molecular weight excluding hydrogens is 151 g/mol. The van der Waals surface area contributed by atoms with Crippen LogP contribution in [0.15, 0.2) is 0 Å². The van der Waals surface area contributed by atoms with Gasteiger partial charge in [-0.2, -0.15) is 0 Å². The number of rotatable bonds is 1. The molecule has 1 rings (SSSR count). The van der Waals surface area contributed by atoms with Crippen LogP contribution >= 0.6 is 0 Å². The predicted molar refractivity (Wildman–Crippen MR) is 35.5 cm³/mol. The second kappa shape index (κ2) is 2.89. The van der Waals surface area contributed by atoms with Crippen molar-refractivity contribution >= 4 is 19.1 Å². The van der Waals surface area contributed by atoms with Gasteiger partial charge in [-0.15, -0.1) is 0 Å². The summed E-state index contributed by atoms with van der Waals surface area (Å²) in [4.78, 5) is 21.2. The minimum absolute atomic E-state index is 0.0394.